The lowest BCUT2D eigenvalue weighted by atomic mass is 9.87. The van der Waals surface area contributed by atoms with Crippen molar-refractivity contribution < 1.29 is 49.0 Å². The van der Waals surface area contributed by atoms with Gasteiger partial charge in [-0.25, -0.2) is 4.79 Å². The first-order valence-corrected chi connectivity index (χ1v) is 12.2. The zero-order valence-electron chi connectivity index (χ0n) is 20.8. The van der Waals surface area contributed by atoms with Gasteiger partial charge in [0.05, 0.1) is 28.5 Å². The van der Waals surface area contributed by atoms with E-state index in [-0.39, 0.29) is 35.2 Å². The maximum absolute atomic E-state index is 13.6. The minimum Gasteiger partial charge on any atom is -0.446 e. The Morgan fingerprint density at radius 1 is 0.897 bits per heavy atom. The highest BCUT2D eigenvalue weighted by Crippen LogP contribution is 2.48. The van der Waals surface area contributed by atoms with Crippen LogP contribution in [0.5, 0.6) is 0 Å². The molecule has 0 aromatic heterocycles. The summed E-state index contributed by atoms with van der Waals surface area (Å²) in [7, 11) is 0. The molecule has 2 aliphatic rings. The molecule has 4 rings (SSSR count). The van der Waals surface area contributed by atoms with E-state index in [1.807, 2.05) is 0 Å². The minimum atomic E-state index is -5.04. The van der Waals surface area contributed by atoms with Crippen LogP contribution in [0, 0.1) is 5.92 Å². The first kappa shape index (κ1) is 29.0. The van der Waals surface area contributed by atoms with Gasteiger partial charge in [-0.15, -0.1) is 0 Å². The summed E-state index contributed by atoms with van der Waals surface area (Å²) in [5.41, 5.74) is -4.13. The number of amides is 1. The van der Waals surface area contributed by atoms with Gasteiger partial charge in [0, 0.05) is 18.6 Å². The molecule has 0 spiro atoms. The van der Waals surface area contributed by atoms with Crippen LogP contribution in [0.3, 0.4) is 0 Å². The molecule has 2 aromatic carbocycles. The number of nitrogens with one attached hydrogen (secondary N) is 1. The van der Waals surface area contributed by atoms with Gasteiger partial charge in [0.1, 0.15) is 0 Å². The van der Waals surface area contributed by atoms with Crippen molar-refractivity contribution in [2.45, 2.75) is 76.4 Å². The molecular weight excluding hydrogens is 543 g/mol. The third-order valence-corrected chi connectivity index (χ3v) is 6.70. The van der Waals surface area contributed by atoms with Gasteiger partial charge >= 0.3 is 24.6 Å². The first-order valence-electron chi connectivity index (χ1n) is 12.2. The van der Waals surface area contributed by atoms with Crippen molar-refractivity contribution in [3.8, 4) is 0 Å². The molecule has 39 heavy (non-hydrogen) atoms. The van der Waals surface area contributed by atoms with E-state index in [2.05, 4.69) is 5.32 Å². The molecule has 1 aliphatic heterocycles. The van der Waals surface area contributed by atoms with Crippen molar-refractivity contribution in [2.75, 3.05) is 4.90 Å². The quantitative estimate of drug-likeness (QED) is 0.371. The van der Waals surface area contributed by atoms with E-state index >= 15 is 0 Å². The fourth-order valence-corrected chi connectivity index (χ4v) is 4.81. The van der Waals surface area contributed by atoms with E-state index in [0.717, 1.165) is 31.0 Å². The van der Waals surface area contributed by atoms with Crippen molar-refractivity contribution in [1.29, 1.82) is 0 Å². The fraction of sp³-hybridized carbons (Fsp3) is 0.500. The number of anilines is 1. The molecule has 13 heteroatoms. The second-order valence-electron chi connectivity index (χ2n) is 10.1. The van der Waals surface area contributed by atoms with Gasteiger partial charge in [0.15, 0.2) is 0 Å². The lowest BCUT2D eigenvalue weighted by molar-refractivity contribution is -0.143. The zero-order chi connectivity index (χ0) is 28.9. The molecule has 0 unspecified atom stereocenters. The molecular formula is C26H25F9N2O2. The number of hydrogen-bond acceptors (Lipinski definition) is 3. The summed E-state index contributed by atoms with van der Waals surface area (Å²) >= 11 is 0. The Labute approximate surface area is 218 Å². The van der Waals surface area contributed by atoms with Crippen LogP contribution in [0.2, 0.25) is 0 Å². The van der Waals surface area contributed by atoms with Crippen molar-refractivity contribution in [3.63, 3.8) is 0 Å². The number of rotatable bonds is 5. The molecule has 2 atom stereocenters. The van der Waals surface area contributed by atoms with Crippen molar-refractivity contribution >= 4 is 11.8 Å². The van der Waals surface area contributed by atoms with Gasteiger partial charge < -0.3 is 10.1 Å². The Balaban J connectivity index is 1.73. The molecule has 0 bridgehead atoms. The number of benzene rings is 2. The molecule has 0 saturated heterocycles. The van der Waals surface area contributed by atoms with E-state index in [1.165, 1.54) is 4.90 Å². The number of carbonyl (C=O) groups is 1. The number of hydrogen-bond donors (Lipinski definition) is 1. The van der Waals surface area contributed by atoms with Crippen molar-refractivity contribution in [2.24, 2.45) is 5.92 Å². The van der Waals surface area contributed by atoms with Crippen LogP contribution < -0.4 is 10.2 Å². The fourth-order valence-electron chi connectivity index (χ4n) is 4.81. The highest BCUT2D eigenvalue weighted by atomic mass is 19.4. The second kappa shape index (κ2) is 10.2. The Kier molecular flexibility index (Phi) is 7.61. The molecule has 1 saturated carbocycles. The summed E-state index contributed by atoms with van der Waals surface area (Å²) in [6.07, 6.45) is -14.4. The number of carbonyl (C=O) groups excluding carboxylic acids is 1. The third kappa shape index (κ3) is 6.62. The normalized spacial score (nSPS) is 20.3. The summed E-state index contributed by atoms with van der Waals surface area (Å²) < 4.78 is 126. The Morgan fingerprint density at radius 2 is 1.46 bits per heavy atom. The van der Waals surface area contributed by atoms with Crippen LogP contribution in [0.15, 0.2) is 36.4 Å². The first-order chi connectivity index (χ1) is 17.9. The van der Waals surface area contributed by atoms with E-state index in [1.54, 1.807) is 13.8 Å². The number of ether oxygens (including phenoxy) is 1. The van der Waals surface area contributed by atoms with Crippen molar-refractivity contribution in [3.05, 3.63) is 64.2 Å². The average molecular weight is 568 g/mol. The van der Waals surface area contributed by atoms with Crippen molar-refractivity contribution in [1.82, 2.24) is 5.32 Å². The minimum absolute atomic E-state index is 0.0103. The monoisotopic (exact) mass is 568 g/mol. The smallest absolute Gasteiger partial charge is 0.416 e. The number of fused-ring (bicyclic) bond motifs is 1. The molecule has 214 valence electrons. The summed E-state index contributed by atoms with van der Waals surface area (Å²) in [4.78, 5) is 14.3. The van der Waals surface area contributed by atoms with E-state index in [4.69, 9.17) is 4.74 Å². The molecule has 1 N–H and O–H groups in total. The lowest BCUT2D eigenvalue weighted by Gasteiger charge is -2.41. The molecule has 1 heterocycles. The molecule has 0 radical (unpaired) electrons. The maximum atomic E-state index is 13.6. The Morgan fingerprint density at radius 3 is 1.95 bits per heavy atom. The number of halogens is 9. The predicted molar refractivity (Wildman–Crippen MR) is 123 cm³/mol. The average Bonchev–Trinajstić information content (AvgIpc) is 3.64. The zero-order valence-corrected chi connectivity index (χ0v) is 20.8. The number of alkyl halides is 9. The highest BCUT2D eigenvalue weighted by Gasteiger charge is 2.46. The maximum Gasteiger partial charge on any atom is 0.416 e. The van der Waals surface area contributed by atoms with Crippen LogP contribution >= 0.6 is 0 Å². The predicted octanol–water partition coefficient (Wildman–Crippen LogP) is 8.11. The summed E-state index contributed by atoms with van der Waals surface area (Å²) in [6.45, 7) is 2.76. The van der Waals surface area contributed by atoms with E-state index < -0.39 is 66.0 Å². The van der Waals surface area contributed by atoms with Crippen LogP contribution in [0.4, 0.5) is 50.0 Å². The van der Waals surface area contributed by atoms with Crippen LogP contribution in [0.1, 0.15) is 67.0 Å². The molecule has 2 aromatic rings. The van der Waals surface area contributed by atoms with Gasteiger partial charge in [-0.05, 0) is 86.6 Å². The Bertz CT molecular complexity index is 1190. The van der Waals surface area contributed by atoms with Crippen LogP contribution in [-0.2, 0) is 29.8 Å². The van der Waals surface area contributed by atoms with Gasteiger partial charge in [-0.1, -0.05) is 0 Å². The van der Waals surface area contributed by atoms with Gasteiger partial charge in [-0.2, -0.15) is 39.5 Å². The highest BCUT2D eigenvalue weighted by molar-refractivity contribution is 5.90. The van der Waals surface area contributed by atoms with Crippen LogP contribution in [-0.4, -0.2) is 18.2 Å². The molecule has 4 nitrogen and oxygen atoms in total. The summed E-state index contributed by atoms with van der Waals surface area (Å²) in [6, 6.07) is 2.60. The third-order valence-electron chi connectivity index (χ3n) is 6.70. The van der Waals surface area contributed by atoms with Gasteiger partial charge in [0.25, 0.3) is 0 Å². The molecule has 1 fully saturated rings. The number of nitrogens with zero attached hydrogens (tertiary/aromatic N) is 1. The lowest BCUT2D eigenvalue weighted by Crippen LogP contribution is -2.48. The summed E-state index contributed by atoms with van der Waals surface area (Å²) in [5.74, 6) is 0.0230. The molecule has 1 aliphatic carbocycles. The van der Waals surface area contributed by atoms with Crippen LogP contribution in [0.25, 0.3) is 0 Å². The largest absolute Gasteiger partial charge is 0.446 e. The standard InChI is InChI=1S/C26H25F9N2O2/c1-13(2)39-23(38)37-21-6-5-16(24(27,28)29)10-19(21)20(11-22(37)15-3-4-15)36-12-14-7-17(25(30,31)32)9-18(8-14)26(33,34)35/h5-10,13,15,20,22,36H,3-4,11-12H2,1-2H3/t20-,22+/m0/s1. The Hall–Kier alpha value is -2.96. The SMILES string of the molecule is CC(C)OC(=O)N1c2ccc(C(F)(F)F)cc2[C@@H](NCc2cc(C(F)(F)F)cc(C(F)(F)F)c2)C[C@@H]1C1CC1. The molecule has 1 amide bonds. The van der Waals surface area contributed by atoms with E-state index in [0.29, 0.717) is 12.1 Å². The van der Waals surface area contributed by atoms with Gasteiger partial charge in [0.2, 0.25) is 0 Å². The second-order valence-corrected chi connectivity index (χ2v) is 10.1. The topological polar surface area (TPSA) is 41.6 Å². The van der Waals surface area contributed by atoms with Gasteiger partial charge in [-0.3, -0.25) is 4.90 Å². The summed E-state index contributed by atoms with van der Waals surface area (Å²) in [5, 5.41) is 2.86. The van der Waals surface area contributed by atoms with E-state index in [9.17, 15) is 44.3 Å².